The summed E-state index contributed by atoms with van der Waals surface area (Å²) in [5.74, 6) is 0.448. The van der Waals surface area contributed by atoms with E-state index in [2.05, 4.69) is 20.3 Å². The maximum Gasteiger partial charge on any atom is 0.240 e. The van der Waals surface area contributed by atoms with Crippen LogP contribution in [0.2, 0.25) is 10.0 Å². The molecule has 0 spiro atoms. The summed E-state index contributed by atoms with van der Waals surface area (Å²) < 4.78 is 7.80. The molecule has 152 valence electrons. The van der Waals surface area contributed by atoms with Crippen LogP contribution in [0.15, 0.2) is 79.4 Å². The number of nitrogens with zero attached hydrogens (tertiary/aromatic N) is 5. The van der Waals surface area contributed by atoms with Crippen LogP contribution >= 0.6 is 23.2 Å². The fourth-order valence-corrected chi connectivity index (χ4v) is 3.60. The van der Waals surface area contributed by atoms with Gasteiger partial charge in [-0.05, 0) is 41.5 Å². The van der Waals surface area contributed by atoms with Crippen molar-refractivity contribution in [2.24, 2.45) is 0 Å². The van der Waals surface area contributed by atoms with Crippen LogP contribution in [0.3, 0.4) is 0 Å². The van der Waals surface area contributed by atoms with Crippen LogP contribution in [-0.2, 0) is 6.61 Å². The van der Waals surface area contributed by atoms with E-state index in [1.807, 2.05) is 60.7 Å². The molecule has 0 aliphatic carbocycles. The van der Waals surface area contributed by atoms with Crippen LogP contribution < -0.4 is 4.74 Å². The van der Waals surface area contributed by atoms with Gasteiger partial charge in [-0.2, -0.15) is 4.52 Å². The summed E-state index contributed by atoms with van der Waals surface area (Å²) >= 11 is 12.3. The van der Waals surface area contributed by atoms with Gasteiger partial charge in [0.05, 0.1) is 5.56 Å². The minimum absolute atomic E-state index is 0.315. The Hall–Kier alpha value is -3.48. The Kier molecular flexibility index (Phi) is 5.24. The van der Waals surface area contributed by atoms with Crippen LogP contribution in [0.5, 0.6) is 5.88 Å². The smallest absolute Gasteiger partial charge is 0.240 e. The molecule has 0 amide bonds. The first-order valence-corrected chi connectivity index (χ1v) is 10.2. The van der Waals surface area contributed by atoms with Gasteiger partial charge in [-0.1, -0.05) is 53.5 Å². The van der Waals surface area contributed by atoms with Crippen molar-refractivity contribution in [3.8, 4) is 28.1 Å². The molecule has 0 unspecified atom stereocenters. The highest BCUT2D eigenvalue weighted by Gasteiger charge is 2.21. The van der Waals surface area contributed by atoms with Gasteiger partial charge < -0.3 is 4.74 Å². The molecule has 5 aromatic rings. The third-order valence-corrected chi connectivity index (χ3v) is 5.28. The second-order valence-corrected chi connectivity index (χ2v) is 7.69. The molecule has 0 fully saturated rings. The Labute approximate surface area is 188 Å². The number of ether oxygens (including phenoxy) is 1. The summed E-state index contributed by atoms with van der Waals surface area (Å²) in [5.41, 5.74) is 5.00. The van der Waals surface area contributed by atoms with Gasteiger partial charge in [-0.3, -0.25) is 4.98 Å². The van der Waals surface area contributed by atoms with E-state index >= 15 is 0 Å². The Bertz CT molecular complexity index is 1340. The van der Waals surface area contributed by atoms with E-state index < -0.39 is 0 Å². The maximum absolute atomic E-state index is 6.18. The van der Waals surface area contributed by atoms with E-state index in [1.165, 1.54) is 0 Å². The summed E-state index contributed by atoms with van der Waals surface area (Å²) in [5, 5.41) is 14.3. The molecule has 3 heterocycles. The highest BCUT2D eigenvalue weighted by Crippen LogP contribution is 2.41. The van der Waals surface area contributed by atoms with E-state index in [4.69, 9.17) is 27.9 Å². The predicted octanol–water partition coefficient (Wildman–Crippen LogP) is 5.74. The fourth-order valence-electron chi connectivity index (χ4n) is 3.34. The molecule has 0 saturated heterocycles. The van der Waals surface area contributed by atoms with Crippen molar-refractivity contribution < 1.29 is 4.74 Å². The number of benzene rings is 2. The van der Waals surface area contributed by atoms with Crippen LogP contribution in [-0.4, -0.2) is 24.8 Å². The molecule has 6 nitrogen and oxygen atoms in total. The summed E-state index contributed by atoms with van der Waals surface area (Å²) in [6, 6.07) is 18.9. The molecule has 31 heavy (non-hydrogen) atoms. The van der Waals surface area contributed by atoms with Crippen LogP contribution in [0.25, 0.3) is 27.9 Å². The van der Waals surface area contributed by atoms with E-state index in [0.717, 1.165) is 27.8 Å². The average molecular weight is 448 g/mol. The normalized spacial score (nSPS) is 11.0. The van der Waals surface area contributed by atoms with Gasteiger partial charge in [0, 0.05) is 33.6 Å². The monoisotopic (exact) mass is 447 g/mol. The third-order valence-electron chi connectivity index (χ3n) is 4.78. The summed E-state index contributed by atoms with van der Waals surface area (Å²) in [6.07, 6.45) is 5.04. The zero-order chi connectivity index (χ0) is 21.2. The lowest BCUT2D eigenvalue weighted by Crippen LogP contribution is -2.05. The van der Waals surface area contributed by atoms with Crippen LogP contribution in [0.4, 0.5) is 0 Å². The third kappa shape index (κ3) is 3.95. The molecule has 2 aromatic carbocycles. The summed E-state index contributed by atoms with van der Waals surface area (Å²) in [7, 11) is 0. The van der Waals surface area contributed by atoms with Gasteiger partial charge in [0.15, 0.2) is 5.65 Å². The number of pyridine rings is 1. The quantitative estimate of drug-likeness (QED) is 0.343. The zero-order valence-electron chi connectivity index (χ0n) is 16.1. The molecule has 0 aliphatic heterocycles. The molecular formula is C23H15Cl2N5O. The number of fused-ring (bicyclic) bond motifs is 1. The van der Waals surface area contributed by atoms with Crippen molar-refractivity contribution in [1.29, 1.82) is 0 Å². The molecule has 8 heteroatoms. The van der Waals surface area contributed by atoms with Gasteiger partial charge >= 0.3 is 0 Å². The molecule has 0 atom stereocenters. The second kappa shape index (κ2) is 8.34. The molecule has 0 saturated carbocycles. The van der Waals surface area contributed by atoms with Gasteiger partial charge in [0.25, 0.3) is 0 Å². The Morgan fingerprint density at radius 2 is 1.52 bits per heavy atom. The van der Waals surface area contributed by atoms with Crippen molar-refractivity contribution in [3.63, 3.8) is 0 Å². The first kappa shape index (κ1) is 19.5. The van der Waals surface area contributed by atoms with E-state index in [1.54, 1.807) is 23.2 Å². The van der Waals surface area contributed by atoms with Crippen molar-refractivity contribution >= 4 is 28.8 Å². The number of hydrogen-bond donors (Lipinski definition) is 0. The second-order valence-electron chi connectivity index (χ2n) is 6.82. The topological polar surface area (TPSA) is 65.2 Å². The van der Waals surface area contributed by atoms with E-state index in [0.29, 0.717) is 28.2 Å². The van der Waals surface area contributed by atoms with Crippen molar-refractivity contribution in [2.75, 3.05) is 0 Å². The van der Waals surface area contributed by atoms with Gasteiger partial charge in [0.1, 0.15) is 12.9 Å². The summed E-state index contributed by atoms with van der Waals surface area (Å²) in [4.78, 5) is 4.15. The lowest BCUT2D eigenvalue weighted by atomic mass is 9.96. The first-order valence-electron chi connectivity index (χ1n) is 9.46. The molecule has 0 radical (unpaired) electrons. The lowest BCUT2D eigenvalue weighted by molar-refractivity contribution is 0.290. The molecule has 0 N–H and O–H groups in total. The number of aromatic nitrogens is 5. The van der Waals surface area contributed by atoms with Crippen LogP contribution in [0, 0.1) is 0 Å². The average Bonchev–Trinajstić information content (AvgIpc) is 3.27. The lowest BCUT2D eigenvalue weighted by Gasteiger charge is -2.16. The standard InChI is InChI=1S/C23H15Cl2N5O/c24-18-7-3-16(4-8-18)20-21(17-5-9-19(25)10-6-17)23(29-30-14-27-28-22(20)30)31-13-15-2-1-11-26-12-15/h1-12,14H,13H2. The van der Waals surface area contributed by atoms with Gasteiger partial charge in [0.2, 0.25) is 5.88 Å². The highest BCUT2D eigenvalue weighted by molar-refractivity contribution is 6.31. The molecular weight excluding hydrogens is 433 g/mol. The van der Waals surface area contributed by atoms with E-state index in [-0.39, 0.29) is 0 Å². The Morgan fingerprint density at radius 1 is 0.839 bits per heavy atom. The number of halogens is 2. The van der Waals surface area contributed by atoms with Gasteiger partial charge in [-0.25, -0.2) is 0 Å². The zero-order valence-corrected chi connectivity index (χ0v) is 17.6. The fraction of sp³-hybridized carbons (Fsp3) is 0.0435. The summed E-state index contributed by atoms with van der Waals surface area (Å²) in [6.45, 7) is 0.315. The highest BCUT2D eigenvalue weighted by atomic mass is 35.5. The van der Waals surface area contributed by atoms with Crippen molar-refractivity contribution in [2.45, 2.75) is 6.61 Å². The number of hydrogen-bond acceptors (Lipinski definition) is 5. The maximum atomic E-state index is 6.18. The molecule has 3 aromatic heterocycles. The van der Waals surface area contributed by atoms with E-state index in [9.17, 15) is 0 Å². The number of rotatable bonds is 5. The van der Waals surface area contributed by atoms with Crippen LogP contribution in [0.1, 0.15) is 5.56 Å². The Morgan fingerprint density at radius 3 is 2.16 bits per heavy atom. The molecule has 0 bridgehead atoms. The van der Waals surface area contributed by atoms with Gasteiger partial charge in [-0.15, -0.1) is 15.3 Å². The SMILES string of the molecule is Clc1ccc(-c2c(OCc3cccnc3)nn3cnnc3c2-c2ccc(Cl)cc2)cc1. The van der Waals surface area contributed by atoms with Crippen molar-refractivity contribution in [1.82, 2.24) is 24.8 Å². The first-order chi connectivity index (χ1) is 15.2. The minimum Gasteiger partial charge on any atom is -0.471 e. The molecule has 5 rings (SSSR count). The predicted molar refractivity (Wildman–Crippen MR) is 120 cm³/mol. The minimum atomic E-state index is 0.315. The largest absolute Gasteiger partial charge is 0.471 e. The van der Waals surface area contributed by atoms with Crippen molar-refractivity contribution in [3.05, 3.63) is 95.0 Å². The molecule has 0 aliphatic rings. The Balaban J connectivity index is 1.73.